The number of hydrogen-bond acceptors (Lipinski definition) is 2. The van der Waals surface area contributed by atoms with Crippen LogP contribution in [0.3, 0.4) is 0 Å². The number of benzene rings is 1. The molecule has 1 aliphatic rings. The predicted molar refractivity (Wildman–Crippen MR) is 90.5 cm³/mol. The summed E-state index contributed by atoms with van der Waals surface area (Å²) >= 11 is 6.98. The lowest BCUT2D eigenvalue weighted by Gasteiger charge is -2.43. The van der Waals surface area contributed by atoms with Gasteiger partial charge in [-0.15, -0.1) is 0 Å². The minimum atomic E-state index is -0.477. The van der Waals surface area contributed by atoms with E-state index in [0.717, 1.165) is 33.3 Å². The third-order valence-electron chi connectivity index (χ3n) is 4.92. The standard InChI is InChI=1S/C16H23Br2NO/c1-2-11-5-7-16(10-19,8-6-11)15(20)12-3-4-13(17)14(18)9-12/h3-4,9,11,15,20H,2,5-8,10,19H2,1H3. The van der Waals surface area contributed by atoms with Crippen LogP contribution in [-0.2, 0) is 0 Å². The maximum atomic E-state index is 10.9. The van der Waals surface area contributed by atoms with Gasteiger partial charge in [-0.05, 0) is 81.2 Å². The third kappa shape index (κ3) is 3.29. The van der Waals surface area contributed by atoms with Gasteiger partial charge in [-0.25, -0.2) is 0 Å². The summed E-state index contributed by atoms with van der Waals surface area (Å²) in [4.78, 5) is 0. The van der Waals surface area contributed by atoms with E-state index in [1.807, 2.05) is 18.2 Å². The summed E-state index contributed by atoms with van der Waals surface area (Å²) in [6.07, 6.45) is 5.17. The van der Waals surface area contributed by atoms with Gasteiger partial charge < -0.3 is 10.8 Å². The summed E-state index contributed by atoms with van der Waals surface area (Å²) < 4.78 is 1.98. The van der Waals surface area contributed by atoms with Gasteiger partial charge in [0.2, 0.25) is 0 Å². The molecule has 0 amide bonds. The predicted octanol–water partition coefficient (Wildman–Crippen LogP) is 4.79. The monoisotopic (exact) mass is 403 g/mol. The van der Waals surface area contributed by atoms with Gasteiger partial charge in [0.1, 0.15) is 0 Å². The van der Waals surface area contributed by atoms with Crippen LogP contribution < -0.4 is 5.73 Å². The zero-order chi connectivity index (χ0) is 14.8. The van der Waals surface area contributed by atoms with Crippen LogP contribution in [0.4, 0.5) is 0 Å². The minimum absolute atomic E-state index is 0.154. The van der Waals surface area contributed by atoms with Crippen molar-refractivity contribution < 1.29 is 5.11 Å². The van der Waals surface area contributed by atoms with E-state index in [4.69, 9.17) is 5.73 Å². The van der Waals surface area contributed by atoms with Crippen molar-refractivity contribution in [3.05, 3.63) is 32.7 Å². The Morgan fingerprint density at radius 3 is 2.45 bits per heavy atom. The lowest BCUT2D eigenvalue weighted by molar-refractivity contribution is -0.0103. The molecule has 0 radical (unpaired) electrons. The number of aliphatic hydroxyl groups excluding tert-OH is 1. The summed E-state index contributed by atoms with van der Waals surface area (Å²) in [6.45, 7) is 2.81. The van der Waals surface area contributed by atoms with E-state index in [9.17, 15) is 5.11 Å². The zero-order valence-corrected chi connectivity index (χ0v) is 15.1. The van der Waals surface area contributed by atoms with Gasteiger partial charge in [-0.3, -0.25) is 0 Å². The number of hydrogen-bond donors (Lipinski definition) is 2. The van der Waals surface area contributed by atoms with Gasteiger partial charge in [-0.1, -0.05) is 19.4 Å². The summed E-state index contributed by atoms with van der Waals surface area (Å²) in [6, 6.07) is 5.96. The fourth-order valence-electron chi connectivity index (χ4n) is 3.29. The maximum absolute atomic E-state index is 10.9. The Hall–Kier alpha value is 0.1000. The molecule has 0 aliphatic heterocycles. The highest BCUT2D eigenvalue weighted by molar-refractivity contribution is 9.13. The molecule has 3 N–H and O–H groups in total. The molecule has 1 saturated carbocycles. The lowest BCUT2D eigenvalue weighted by Crippen LogP contribution is -2.40. The van der Waals surface area contributed by atoms with E-state index in [1.165, 1.54) is 19.3 Å². The van der Waals surface area contributed by atoms with Crippen molar-refractivity contribution in [2.75, 3.05) is 6.54 Å². The van der Waals surface area contributed by atoms with E-state index in [2.05, 4.69) is 38.8 Å². The maximum Gasteiger partial charge on any atom is 0.0858 e. The van der Waals surface area contributed by atoms with E-state index in [-0.39, 0.29) is 5.41 Å². The molecule has 0 aromatic heterocycles. The molecule has 20 heavy (non-hydrogen) atoms. The van der Waals surface area contributed by atoms with Gasteiger partial charge in [-0.2, -0.15) is 0 Å². The first-order valence-electron chi connectivity index (χ1n) is 7.35. The Morgan fingerprint density at radius 2 is 1.95 bits per heavy atom. The van der Waals surface area contributed by atoms with Crippen LogP contribution in [0.5, 0.6) is 0 Å². The molecule has 2 rings (SSSR count). The highest BCUT2D eigenvalue weighted by atomic mass is 79.9. The quantitative estimate of drug-likeness (QED) is 0.757. The third-order valence-corrected chi connectivity index (χ3v) is 6.80. The Balaban J connectivity index is 2.20. The van der Waals surface area contributed by atoms with Crippen LogP contribution in [0.2, 0.25) is 0 Å². The average molecular weight is 405 g/mol. The molecule has 2 nitrogen and oxygen atoms in total. The zero-order valence-electron chi connectivity index (χ0n) is 11.9. The highest BCUT2D eigenvalue weighted by Crippen LogP contribution is 2.48. The SMILES string of the molecule is CCC1CCC(CN)(C(O)c2ccc(Br)c(Br)c2)CC1. The molecule has 1 aromatic carbocycles. The normalized spacial score (nSPS) is 28.4. The van der Waals surface area contributed by atoms with Crippen molar-refractivity contribution in [3.8, 4) is 0 Å². The number of aliphatic hydroxyl groups is 1. The molecular formula is C16H23Br2NO. The largest absolute Gasteiger partial charge is 0.388 e. The molecule has 1 atom stereocenters. The lowest BCUT2D eigenvalue weighted by atomic mass is 9.65. The molecule has 0 saturated heterocycles. The summed E-state index contributed by atoms with van der Waals surface area (Å²) in [5.41, 5.74) is 6.86. The fraction of sp³-hybridized carbons (Fsp3) is 0.625. The number of nitrogens with two attached hydrogens (primary N) is 1. The highest BCUT2D eigenvalue weighted by Gasteiger charge is 2.40. The Bertz CT molecular complexity index is 456. The Morgan fingerprint density at radius 1 is 1.30 bits per heavy atom. The topological polar surface area (TPSA) is 46.2 Å². The van der Waals surface area contributed by atoms with Gasteiger partial charge in [0.05, 0.1) is 6.10 Å². The van der Waals surface area contributed by atoms with Crippen molar-refractivity contribution in [2.45, 2.75) is 45.1 Å². The van der Waals surface area contributed by atoms with E-state index < -0.39 is 6.10 Å². The molecule has 0 heterocycles. The number of rotatable bonds is 4. The summed E-state index contributed by atoms with van der Waals surface area (Å²) in [7, 11) is 0. The van der Waals surface area contributed by atoms with Crippen molar-refractivity contribution in [1.82, 2.24) is 0 Å². The van der Waals surface area contributed by atoms with Gasteiger partial charge in [0.25, 0.3) is 0 Å². The van der Waals surface area contributed by atoms with Crippen molar-refractivity contribution in [3.63, 3.8) is 0 Å². The van der Waals surface area contributed by atoms with Gasteiger partial charge >= 0.3 is 0 Å². The molecule has 1 fully saturated rings. The van der Waals surface area contributed by atoms with Crippen LogP contribution in [0, 0.1) is 11.3 Å². The fourth-order valence-corrected chi connectivity index (χ4v) is 3.93. The van der Waals surface area contributed by atoms with Crippen LogP contribution in [0.15, 0.2) is 27.1 Å². The van der Waals surface area contributed by atoms with Crippen LogP contribution in [0.25, 0.3) is 0 Å². The molecule has 1 unspecified atom stereocenters. The van der Waals surface area contributed by atoms with Crippen LogP contribution >= 0.6 is 31.9 Å². The van der Waals surface area contributed by atoms with Crippen LogP contribution in [0.1, 0.15) is 50.7 Å². The molecule has 112 valence electrons. The molecular weight excluding hydrogens is 382 g/mol. The van der Waals surface area contributed by atoms with Crippen molar-refractivity contribution >= 4 is 31.9 Å². The van der Waals surface area contributed by atoms with Gasteiger partial charge in [0, 0.05) is 20.9 Å². The first-order valence-corrected chi connectivity index (χ1v) is 8.94. The molecule has 0 bridgehead atoms. The van der Waals surface area contributed by atoms with E-state index in [1.54, 1.807) is 0 Å². The Kier molecular flexibility index (Phi) is 5.69. The molecule has 0 spiro atoms. The molecule has 1 aromatic rings. The number of halogens is 2. The van der Waals surface area contributed by atoms with Crippen molar-refractivity contribution in [2.24, 2.45) is 17.1 Å². The van der Waals surface area contributed by atoms with E-state index in [0.29, 0.717) is 6.54 Å². The molecule has 4 heteroatoms. The first kappa shape index (κ1) is 16.5. The molecule has 1 aliphatic carbocycles. The van der Waals surface area contributed by atoms with Gasteiger partial charge in [0.15, 0.2) is 0 Å². The minimum Gasteiger partial charge on any atom is -0.388 e. The van der Waals surface area contributed by atoms with E-state index >= 15 is 0 Å². The van der Waals surface area contributed by atoms with Crippen molar-refractivity contribution in [1.29, 1.82) is 0 Å². The second kappa shape index (κ2) is 6.91. The summed E-state index contributed by atoms with van der Waals surface area (Å²) in [5, 5.41) is 10.9. The second-order valence-corrected chi connectivity index (χ2v) is 7.70. The smallest absolute Gasteiger partial charge is 0.0858 e. The summed E-state index contributed by atoms with van der Waals surface area (Å²) in [5.74, 6) is 0.804. The first-order chi connectivity index (χ1) is 9.52. The average Bonchev–Trinajstić information content (AvgIpc) is 2.49. The second-order valence-electron chi connectivity index (χ2n) is 5.99. The van der Waals surface area contributed by atoms with Crippen LogP contribution in [-0.4, -0.2) is 11.7 Å². The Labute approximate surface area is 138 Å².